The third-order valence-corrected chi connectivity index (χ3v) is 17.6. The second-order valence-electron chi connectivity index (χ2n) is 25.5. The smallest absolute Gasteiger partial charge is 0.462 e. The van der Waals surface area contributed by atoms with Crippen LogP contribution in [-0.2, 0) is 65.4 Å². The first-order chi connectivity index (χ1) is 50.7. The summed E-state index contributed by atoms with van der Waals surface area (Å²) in [5, 5.41) is 10.6. The van der Waals surface area contributed by atoms with Crippen LogP contribution >= 0.6 is 15.6 Å². The maximum atomic E-state index is 13.1. The molecule has 0 aromatic heterocycles. The number of ether oxygens (including phenoxy) is 4. The van der Waals surface area contributed by atoms with Gasteiger partial charge in [0.1, 0.15) is 19.3 Å². The number of unbranched alkanes of at least 4 members (excludes halogenated alkanes) is 19. The van der Waals surface area contributed by atoms with Crippen molar-refractivity contribution >= 4 is 39.5 Å². The van der Waals surface area contributed by atoms with Crippen LogP contribution in [0.25, 0.3) is 0 Å². The number of aliphatic hydroxyl groups is 1. The van der Waals surface area contributed by atoms with Crippen LogP contribution in [0.5, 0.6) is 0 Å². The molecule has 0 aromatic rings. The van der Waals surface area contributed by atoms with E-state index in [2.05, 4.69) is 174 Å². The normalized spacial score (nSPS) is 14.8. The number of carbonyl (C=O) groups is 4. The first kappa shape index (κ1) is 98.4. The molecule has 0 bridgehead atoms. The van der Waals surface area contributed by atoms with Gasteiger partial charge in [0.25, 0.3) is 0 Å². The van der Waals surface area contributed by atoms with Crippen molar-refractivity contribution in [3.63, 3.8) is 0 Å². The first-order valence-corrected chi connectivity index (χ1v) is 42.4. The van der Waals surface area contributed by atoms with Gasteiger partial charge < -0.3 is 33.8 Å². The number of allylic oxidation sites excluding steroid dienone is 27. The molecule has 0 saturated heterocycles. The zero-order chi connectivity index (χ0) is 76.0. The molecule has 0 fully saturated rings. The second kappa shape index (κ2) is 75.6. The molecular weight excluding hydrogens is 1350 g/mol. The maximum absolute atomic E-state index is 13.1. The van der Waals surface area contributed by atoms with E-state index in [0.29, 0.717) is 25.7 Å². The van der Waals surface area contributed by atoms with E-state index in [-0.39, 0.29) is 25.7 Å². The summed E-state index contributed by atoms with van der Waals surface area (Å²) >= 11 is 0. The predicted octanol–water partition coefficient (Wildman–Crippen LogP) is 23.0. The minimum Gasteiger partial charge on any atom is -0.462 e. The van der Waals surface area contributed by atoms with Crippen molar-refractivity contribution < 1.29 is 80.2 Å². The van der Waals surface area contributed by atoms with Gasteiger partial charge in [-0.05, 0) is 148 Å². The number of aliphatic hydroxyl groups excluding tert-OH is 1. The Kier molecular flexibility index (Phi) is 71.6. The van der Waals surface area contributed by atoms with Gasteiger partial charge >= 0.3 is 39.5 Å². The Bertz CT molecular complexity index is 2640. The number of rotatable bonds is 72. The zero-order valence-electron chi connectivity index (χ0n) is 64.4. The van der Waals surface area contributed by atoms with Crippen LogP contribution in [0, 0.1) is 0 Å². The van der Waals surface area contributed by atoms with Gasteiger partial charge in [0.15, 0.2) is 12.2 Å². The van der Waals surface area contributed by atoms with Crippen LogP contribution in [0.3, 0.4) is 0 Å². The molecule has 5 atom stereocenters. The number of hydrogen-bond donors (Lipinski definition) is 3. The van der Waals surface area contributed by atoms with Crippen molar-refractivity contribution in [1.29, 1.82) is 0 Å². The largest absolute Gasteiger partial charge is 0.472 e. The summed E-state index contributed by atoms with van der Waals surface area (Å²) in [5.41, 5.74) is 0. The molecule has 0 aliphatic rings. The average molecular weight is 1490 g/mol. The van der Waals surface area contributed by atoms with E-state index in [4.69, 9.17) is 37.0 Å². The van der Waals surface area contributed by atoms with Gasteiger partial charge in [0.05, 0.1) is 32.8 Å². The summed E-state index contributed by atoms with van der Waals surface area (Å²) in [4.78, 5) is 72.9. The van der Waals surface area contributed by atoms with Gasteiger partial charge in [-0.15, -0.1) is 0 Å². The van der Waals surface area contributed by atoms with Crippen molar-refractivity contribution in [3.05, 3.63) is 170 Å². The topological polar surface area (TPSA) is 237 Å². The summed E-state index contributed by atoms with van der Waals surface area (Å²) < 4.78 is 68.4. The number of carbonyl (C=O) groups excluding carboxylic acids is 4. The van der Waals surface area contributed by atoms with Gasteiger partial charge in [-0.2, -0.15) is 0 Å². The fourth-order valence-electron chi connectivity index (χ4n) is 9.81. The van der Waals surface area contributed by atoms with Crippen LogP contribution in [0.4, 0.5) is 0 Å². The quantitative estimate of drug-likeness (QED) is 0.0169. The Morgan fingerprint density at radius 2 is 0.538 bits per heavy atom. The lowest BCUT2D eigenvalue weighted by Crippen LogP contribution is -2.30. The lowest BCUT2D eigenvalue weighted by atomic mass is 10.1. The summed E-state index contributed by atoms with van der Waals surface area (Å²) in [7, 11) is -10.0. The van der Waals surface area contributed by atoms with E-state index in [1.54, 1.807) is 12.2 Å². The molecule has 0 aromatic carbocycles. The van der Waals surface area contributed by atoms with Gasteiger partial charge in [0, 0.05) is 19.3 Å². The molecule has 17 nitrogen and oxygen atoms in total. The van der Waals surface area contributed by atoms with Crippen LogP contribution < -0.4 is 0 Å². The highest BCUT2D eigenvalue weighted by Crippen LogP contribution is 2.45. The molecule has 0 saturated carbocycles. The molecule has 104 heavy (non-hydrogen) atoms. The Morgan fingerprint density at radius 3 is 0.856 bits per heavy atom. The molecule has 0 amide bonds. The van der Waals surface area contributed by atoms with Gasteiger partial charge in [0.2, 0.25) is 0 Å². The summed E-state index contributed by atoms with van der Waals surface area (Å²) in [5.74, 6) is -2.38. The highest BCUT2D eigenvalue weighted by atomic mass is 31.2. The molecule has 5 unspecified atom stereocenters. The molecule has 0 spiro atoms. The fraction of sp³-hybridized carbons (Fsp3) is 0.624. The maximum Gasteiger partial charge on any atom is 0.472 e. The van der Waals surface area contributed by atoms with Crippen molar-refractivity contribution in [2.75, 3.05) is 39.6 Å². The first-order valence-electron chi connectivity index (χ1n) is 39.4. The van der Waals surface area contributed by atoms with Crippen molar-refractivity contribution in [1.82, 2.24) is 0 Å². The predicted molar refractivity (Wildman–Crippen MR) is 426 cm³/mol. The molecular formula is C85H138O17P2. The Hall–Kier alpha value is -5.58. The summed E-state index contributed by atoms with van der Waals surface area (Å²) in [6, 6.07) is 0. The van der Waals surface area contributed by atoms with E-state index in [1.165, 1.54) is 0 Å². The molecule has 0 radical (unpaired) electrons. The minimum atomic E-state index is -5.01. The molecule has 19 heteroatoms. The fourth-order valence-corrected chi connectivity index (χ4v) is 11.4. The summed E-state index contributed by atoms with van der Waals surface area (Å²) in [6.45, 7) is 4.30. The lowest BCUT2D eigenvalue weighted by Gasteiger charge is -2.21. The van der Waals surface area contributed by atoms with Gasteiger partial charge in [-0.1, -0.05) is 281 Å². The third kappa shape index (κ3) is 74.7. The SMILES string of the molecule is CC/C=C\C/C=C\C/C=C\C/C=C\C/C=C\CC(=O)OC(COC(=O)CCCCCCCCC/C=C\C/C=C\C/C=C\CC)COP(=O)(O)OCC(O)COP(=O)(O)OCC(COC(=O)CCCCCCCC/C=C\C/C=C\C/C=C\C/C=C\CC)OC(=O)CCCCCCC/C=C\C/C=C\CCC. The van der Waals surface area contributed by atoms with Gasteiger partial charge in [-0.25, -0.2) is 9.13 Å². The lowest BCUT2D eigenvalue weighted by molar-refractivity contribution is -0.161. The van der Waals surface area contributed by atoms with Crippen LogP contribution in [0.1, 0.15) is 285 Å². The van der Waals surface area contributed by atoms with E-state index in [9.17, 15) is 43.2 Å². The highest BCUT2D eigenvalue weighted by Gasteiger charge is 2.30. The minimum absolute atomic E-state index is 0.0671. The summed E-state index contributed by atoms with van der Waals surface area (Å²) in [6.07, 6.45) is 89.4. The Balaban J connectivity index is 5.44. The molecule has 590 valence electrons. The van der Waals surface area contributed by atoms with E-state index >= 15 is 0 Å². The molecule has 0 heterocycles. The van der Waals surface area contributed by atoms with Crippen molar-refractivity contribution in [2.45, 2.75) is 303 Å². The standard InChI is InChI=1S/C85H138O17P2/c1-5-9-13-17-21-25-29-33-36-38-39-41-44-47-50-54-58-62-66-70-83(88)95-75-80(101-84(89)71-67-63-59-55-51-45-32-28-24-20-16-12-8-4)77-99-103(91,92)97-73-79(86)74-98-104(93,94)100-78-81(102-85(90)72-68-64-60-56-52-48-42-35-31-27-23-19-15-11-7-3)76-96-82(87)69-65-61-57-53-49-46-43-40-37-34-30-26-22-18-14-10-6-2/h9-11,13-16,20-23,25-28,32-37,39,41-42,52,56,64,68,79-81,86H,5-8,12,17-19,24,29-31,38,40,43-51,53-55,57-63,65-67,69-78H2,1-4H3,(H,91,92)(H,93,94)/b13-9-,14-10-,15-11-,20-16-,25-21-,26-22-,27-23-,32-28-,36-33-,37-34-,41-39-,42-35-,56-52-,68-64-. The molecule has 0 aliphatic heterocycles. The van der Waals surface area contributed by atoms with Crippen LogP contribution in [-0.4, -0.2) is 96.7 Å². The molecule has 3 N–H and O–H groups in total. The Morgan fingerprint density at radius 1 is 0.288 bits per heavy atom. The van der Waals surface area contributed by atoms with E-state index in [0.717, 1.165) is 205 Å². The highest BCUT2D eigenvalue weighted by molar-refractivity contribution is 7.47. The van der Waals surface area contributed by atoms with Crippen molar-refractivity contribution in [2.24, 2.45) is 0 Å². The third-order valence-electron chi connectivity index (χ3n) is 15.7. The second-order valence-corrected chi connectivity index (χ2v) is 28.4. The number of phosphoric acid groups is 2. The number of hydrogen-bond acceptors (Lipinski definition) is 15. The Labute approximate surface area is 629 Å². The van der Waals surface area contributed by atoms with E-state index in [1.807, 2.05) is 12.2 Å². The monoisotopic (exact) mass is 1490 g/mol. The van der Waals surface area contributed by atoms with Crippen LogP contribution in [0.2, 0.25) is 0 Å². The van der Waals surface area contributed by atoms with Crippen LogP contribution in [0.15, 0.2) is 170 Å². The average Bonchev–Trinajstić information content (AvgIpc) is 0.925. The molecule has 0 rings (SSSR count). The zero-order valence-corrected chi connectivity index (χ0v) is 66.2. The number of esters is 4. The number of phosphoric ester groups is 2. The molecule has 0 aliphatic carbocycles. The van der Waals surface area contributed by atoms with E-state index < -0.39 is 97.5 Å². The van der Waals surface area contributed by atoms with Crippen molar-refractivity contribution in [3.8, 4) is 0 Å². The van der Waals surface area contributed by atoms with Gasteiger partial charge in [-0.3, -0.25) is 37.3 Å².